The Balaban J connectivity index is 2.27. The molecule has 2 nitrogen and oxygen atoms in total. The predicted molar refractivity (Wildman–Crippen MR) is 75.4 cm³/mol. The van der Waals surface area contributed by atoms with Gasteiger partial charge in [-0.3, -0.25) is 4.79 Å². The highest BCUT2D eigenvalue weighted by Gasteiger charge is 2.34. The molecule has 3 unspecified atom stereocenters. The van der Waals surface area contributed by atoms with E-state index in [9.17, 15) is 18.7 Å². The van der Waals surface area contributed by atoms with Gasteiger partial charge >= 0.3 is 5.97 Å². The molecule has 1 aromatic carbocycles. The van der Waals surface area contributed by atoms with Crippen molar-refractivity contribution in [3.8, 4) is 0 Å². The average molecular weight is 347 g/mol. The number of hydrogen-bond acceptors (Lipinski definition) is 1. The molecule has 3 atom stereocenters. The molecule has 0 aromatic heterocycles. The number of rotatable bonds is 3. The molecule has 1 aliphatic rings. The van der Waals surface area contributed by atoms with Crippen LogP contribution in [-0.4, -0.2) is 11.1 Å². The standard InChI is InChI=1S/C15H17BrF2O2/c1-8-2-3-10(15(19)20)9(6-8)7-11-13(17)5-4-12(16)14(11)18/h4-5,8-10H,2-3,6-7H2,1H3,(H,19,20). The maximum Gasteiger partial charge on any atom is 0.306 e. The van der Waals surface area contributed by atoms with Gasteiger partial charge in [0.2, 0.25) is 0 Å². The van der Waals surface area contributed by atoms with Crippen molar-refractivity contribution in [3.05, 3.63) is 33.8 Å². The summed E-state index contributed by atoms with van der Waals surface area (Å²) in [7, 11) is 0. The van der Waals surface area contributed by atoms with Crippen LogP contribution < -0.4 is 0 Å². The summed E-state index contributed by atoms with van der Waals surface area (Å²) in [6, 6.07) is 2.54. The predicted octanol–water partition coefficient (Wildman–Crippen LogP) is 4.41. The third-order valence-electron chi connectivity index (χ3n) is 4.17. The van der Waals surface area contributed by atoms with E-state index in [0.717, 1.165) is 6.42 Å². The van der Waals surface area contributed by atoms with Crippen molar-refractivity contribution >= 4 is 21.9 Å². The first-order valence-electron chi connectivity index (χ1n) is 6.75. The average Bonchev–Trinajstić information content (AvgIpc) is 2.39. The molecular formula is C15H17BrF2O2. The molecule has 0 spiro atoms. The Labute approximate surface area is 125 Å². The normalized spacial score (nSPS) is 26.5. The first-order chi connectivity index (χ1) is 9.40. The monoisotopic (exact) mass is 346 g/mol. The molecular weight excluding hydrogens is 330 g/mol. The highest BCUT2D eigenvalue weighted by Crippen LogP contribution is 2.37. The largest absolute Gasteiger partial charge is 0.481 e. The summed E-state index contributed by atoms with van der Waals surface area (Å²) < 4.78 is 28.0. The van der Waals surface area contributed by atoms with Gasteiger partial charge in [-0.2, -0.15) is 0 Å². The molecule has 1 saturated carbocycles. The Morgan fingerprint density at radius 3 is 2.75 bits per heavy atom. The third kappa shape index (κ3) is 3.19. The lowest BCUT2D eigenvalue weighted by Crippen LogP contribution is -2.31. The fourth-order valence-corrected chi connectivity index (χ4v) is 3.44. The van der Waals surface area contributed by atoms with Crippen LogP contribution in [0.1, 0.15) is 31.7 Å². The van der Waals surface area contributed by atoms with E-state index in [2.05, 4.69) is 22.9 Å². The van der Waals surface area contributed by atoms with E-state index < -0.39 is 23.5 Å². The van der Waals surface area contributed by atoms with Gasteiger partial charge in [-0.15, -0.1) is 0 Å². The minimum Gasteiger partial charge on any atom is -0.481 e. The SMILES string of the molecule is CC1CCC(C(=O)O)C(Cc2c(F)ccc(Br)c2F)C1. The second-order valence-electron chi connectivity index (χ2n) is 5.65. The quantitative estimate of drug-likeness (QED) is 0.823. The van der Waals surface area contributed by atoms with Crippen LogP contribution >= 0.6 is 15.9 Å². The first-order valence-corrected chi connectivity index (χ1v) is 7.54. The summed E-state index contributed by atoms with van der Waals surface area (Å²) in [5.74, 6) is -2.41. The van der Waals surface area contributed by atoms with Crippen LogP contribution in [0.15, 0.2) is 16.6 Å². The van der Waals surface area contributed by atoms with E-state index >= 15 is 0 Å². The molecule has 0 radical (unpaired) electrons. The van der Waals surface area contributed by atoms with Crippen molar-refractivity contribution in [1.29, 1.82) is 0 Å². The highest BCUT2D eigenvalue weighted by atomic mass is 79.9. The van der Waals surface area contributed by atoms with E-state index in [0.29, 0.717) is 18.8 Å². The van der Waals surface area contributed by atoms with E-state index in [1.807, 2.05) is 0 Å². The second-order valence-corrected chi connectivity index (χ2v) is 6.50. The number of carboxylic acids is 1. The molecule has 0 saturated heterocycles. The van der Waals surface area contributed by atoms with Crippen molar-refractivity contribution in [2.24, 2.45) is 17.8 Å². The summed E-state index contributed by atoms with van der Waals surface area (Å²) in [4.78, 5) is 11.3. The van der Waals surface area contributed by atoms with E-state index in [-0.39, 0.29) is 22.4 Å². The number of benzene rings is 1. The van der Waals surface area contributed by atoms with Crippen molar-refractivity contribution in [3.63, 3.8) is 0 Å². The number of carboxylic acid groups (broad SMARTS) is 1. The van der Waals surface area contributed by atoms with Crippen molar-refractivity contribution in [2.45, 2.75) is 32.6 Å². The minimum atomic E-state index is -0.863. The van der Waals surface area contributed by atoms with Gasteiger partial charge in [0.1, 0.15) is 11.6 Å². The second kappa shape index (κ2) is 6.20. The summed E-state index contributed by atoms with van der Waals surface area (Å²) in [5.41, 5.74) is -0.00951. The Morgan fingerprint density at radius 1 is 1.40 bits per heavy atom. The molecule has 1 fully saturated rings. The van der Waals surface area contributed by atoms with Gasteiger partial charge in [-0.05, 0) is 65.6 Å². The van der Waals surface area contributed by atoms with Gasteiger partial charge in [0.25, 0.3) is 0 Å². The lowest BCUT2D eigenvalue weighted by atomic mass is 9.72. The molecule has 0 amide bonds. The van der Waals surface area contributed by atoms with Crippen molar-refractivity contribution < 1.29 is 18.7 Å². The van der Waals surface area contributed by atoms with E-state index in [1.165, 1.54) is 12.1 Å². The van der Waals surface area contributed by atoms with Gasteiger partial charge < -0.3 is 5.11 Å². The highest BCUT2D eigenvalue weighted by molar-refractivity contribution is 9.10. The Kier molecular flexibility index (Phi) is 4.78. The molecule has 1 N–H and O–H groups in total. The Morgan fingerprint density at radius 2 is 2.10 bits per heavy atom. The summed E-state index contributed by atoms with van der Waals surface area (Å²) in [5, 5.41) is 9.27. The third-order valence-corrected chi connectivity index (χ3v) is 4.78. The number of carbonyl (C=O) groups is 1. The van der Waals surface area contributed by atoms with Gasteiger partial charge in [0, 0.05) is 5.56 Å². The van der Waals surface area contributed by atoms with Crippen LogP contribution in [-0.2, 0) is 11.2 Å². The van der Waals surface area contributed by atoms with Crippen LogP contribution in [0, 0.1) is 29.4 Å². The molecule has 110 valence electrons. The lowest BCUT2D eigenvalue weighted by molar-refractivity contribution is -0.145. The number of aliphatic carboxylic acids is 1. The van der Waals surface area contributed by atoms with Crippen LogP contribution in [0.25, 0.3) is 0 Å². The molecule has 0 heterocycles. The van der Waals surface area contributed by atoms with E-state index in [4.69, 9.17) is 0 Å². The topological polar surface area (TPSA) is 37.3 Å². The van der Waals surface area contributed by atoms with Crippen molar-refractivity contribution in [2.75, 3.05) is 0 Å². The first kappa shape index (κ1) is 15.4. The van der Waals surface area contributed by atoms with Crippen molar-refractivity contribution in [1.82, 2.24) is 0 Å². The molecule has 0 bridgehead atoms. The summed E-state index contributed by atoms with van der Waals surface area (Å²) in [6.45, 7) is 2.05. The van der Waals surface area contributed by atoms with E-state index in [1.54, 1.807) is 0 Å². The van der Waals surface area contributed by atoms with Crippen LogP contribution in [0.4, 0.5) is 8.78 Å². The fourth-order valence-electron chi connectivity index (χ4n) is 3.07. The maximum absolute atomic E-state index is 14.0. The van der Waals surface area contributed by atoms with Gasteiger partial charge in [0.05, 0.1) is 10.4 Å². The van der Waals surface area contributed by atoms with Crippen LogP contribution in [0.2, 0.25) is 0 Å². The minimum absolute atomic E-state index is 0.00951. The zero-order valence-electron chi connectivity index (χ0n) is 11.2. The molecule has 20 heavy (non-hydrogen) atoms. The molecule has 1 aromatic rings. The number of hydrogen-bond donors (Lipinski definition) is 1. The molecule has 2 rings (SSSR count). The fraction of sp³-hybridized carbons (Fsp3) is 0.533. The van der Waals surface area contributed by atoms with Crippen LogP contribution in [0.3, 0.4) is 0 Å². The van der Waals surface area contributed by atoms with Crippen LogP contribution in [0.5, 0.6) is 0 Å². The molecule has 1 aliphatic carbocycles. The number of halogens is 3. The lowest BCUT2D eigenvalue weighted by Gasteiger charge is -2.32. The molecule has 5 heteroatoms. The Bertz CT molecular complexity index is 519. The smallest absolute Gasteiger partial charge is 0.306 e. The maximum atomic E-state index is 14.0. The summed E-state index contributed by atoms with van der Waals surface area (Å²) in [6.07, 6.45) is 2.27. The van der Waals surface area contributed by atoms with Gasteiger partial charge in [-0.25, -0.2) is 8.78 Å². The Hall–Kier alpha value is -0.970. The zero-order chi connectivity index (χ0) is 14.9. The van der Waals surface area contributed by atoms with Gasteiger partial charge in [0.15, 0.2) is 0 Å². The molecule has 0 aliphatic heterocycles. The van der Waals surface area contributed by atoms with Gasteiger partial charge in [-0.1, -0.05) is 6.92 Å². The zero-order valence-corrected chi connectivity index (χ0v) is 12.8. The summed E-state index contributed by atoms with van der Waals surface area (Å²) >= 11 is 3.04.